The molecule has 4 nitrogen and oxygen atoms in total. The summed E-state index contributed by atoms with van der Waals surface area (Å²) in [5.41, 5.74) is -0.894. The Labute approximate surface area is 107 Å². The maximum absolute atomic E-state index is 12.3. The number of aliphatic hydroxyl groups excluding tert-OH is 1. The average Bonchev–Trinajstić information content (AvgIpc) is 2.29. The van der Waals surface area contributed by atoms with Crippen LogP contribution in [0.4, 0.5) is 19.0 Å². The molecular weight excluding hydrogens is 273 g/mol. The van der Waals surface area contributed by atoms with Crippen molar-refractivity contribution < 1.29 is 23.0 Å². The lowest BCUT2D eigenvalue weighted by Gasteiger charge is -2.10. The molecule has 0 amide bonds. The highest BCUT2D eigenvalue weighted by Gasteiger charge is 2.31. The highest BCUT2D eigenvalue weighted by Crippen LogP contribution is 2.32. The highest BCUT2D eigenvalue weighted by atomic mass is 35.5. The first kappa shape index (κ1) is 15.0. The van der Waals surface area contributed by atoms with Crippen molar-refractivity contribution in [2.45, 2.75) is 6.18 Å². The van der Waals surface area contributed by atoms with Gasteiger partial charge in [-0.15, -0.1) is 0 Å². The Morgan fingerprint density at radius 2 is 2.11 bits per heavy atom. The van der Waals surface area contributed by atoms with Gasteiger partial charge in [-0.3, -0.25) is 0 Å². The predicted octanol–water partition coefficient (Wildman–Crippen LogP) is 2.17. The molecule has 1 aromatic rings. The molecule has 0 unspecified atom stereocenters. The van der Waals surface area contributed by atoms with Crippen LogP contribution in [0.1, 0.15) is 5.56 Å². The number of aromatic nitrogens is 1. The van der Waals surface area contributed by atoms with Crippen LogP contribution in [0.15, 0.2) is 12.3 Å². The molecule has 0 saturated carbocycles. The van der Waals surface area contributed by atoms with Crippen LogP contribution in [-0.4, -0.2) is 36.5 Å². The van der Waals surface area contributed by atoms with Crippen molar-refractivity contribution in [3.05, 3.63) is 22.8 Å². The zero-order chi connectivity index (χ0) is 13.6. The largest absolute Gasteiger partial charge is 0.417 e. The predicted molar refractivity (Wildman–Crippen MR) is 60.6 cm³/mol. The normalized spacial score (nSPS) is 11.6. The molecule has 18 heavy (non-hydrogen) atoms. The molecule has 0 aliphatic heterocycles. The first-order chi connectivity index (χ1) is 8.45. The van der Waals surface area contributed by atoms with Crippen LogP contribution in [0.2, 0.25) is 5.02 Å². The molecule has 0 atom stereocenters. The van der Waals surface area contributed by atoms with Crippen LogP contribution >= 0.6 is 11.6 Å². The van der Waals surface area contributed by atoms with E-state index >= 15 is 0 Å². The second kappa shape index (κ2) is 6.77. The molecule has 0 aromatic carbocycles. The number of nitrogens with one attached hydrogen (secondary N) is 1. The van der Waals surface area contributed by atoms with E-state index < -0.39 is 11.7 Å². The van der Waals surface area contributed by atoms with E-state index in [-0.39, 0.29) is 24.1 Å². The summed E-state index contributed by atoms with van der Waals surface area (Å²) in [6.07, 6.45) is -3.75. The first-order valence-corrected chi connectivity index (χ1v) is 5.48. The van der Waals surface area contributed by atoms with E-state index in [4.69, 9.17) is 21.4 Å². The van der Waals surface area contributed by atoms with Crippen molar-refractivity contribution in [2.75, 3.05) is 31.7 Å². The maximum Gasteiger partial charge on any atom is 0.417 e. The minimum Gasteiger partial charge on any atom is -0.394 e. The van der Waals surface area contributed by atoms with Crippen LogP contribution < -0.4 is 5.32 Å². The lowest BCUT2D eigenvalue weighted by atomic mass is 10.3. The molecule has 2 N–H and O–H groups in total. The second-order valence-electron chi connectivity index (χ2n) is 3.31. The summed E-state index contributed by atoms with van der Waals surface area (Å²) in [6, 6.07) is 0.811. The van der Waals surface area contributed by atoms with E-state index in [0.717, 1.165) is 6.07 Å². The fourth-order valence-corrected chi connectivity index (χ4v) is 1.36. The van der Waals surface area contributed by atoms with Gasteiger partial charge in [0.25, 0.3) is 0 Å². The lowest BCUT2D eigenvalue weighted by Crippen LogP contribution is -2.13. The molecule has 1 aromatic heterocycles. The van der Waals surface area contributed by atoms with Gasteiger partial charge in [-0.05, 0) is 6.07 Å². The fourth-order valence-electron chi connectivity index (χ4n) is 1.13. The van der Waals surface area contributed by atoms with Crippen LogP contribution in [0.25, 0.3) is 0 Å². The molecule has 8 heteroatoms. The summed E-state index contributed by atoms with van der Waals surface area (Å²) in [4.78, 5) is 3.59. The smallest absolute Gasteiger partial charge is 0.394 e. The van der Waals surface area contributed by atoms with Gasteiger partial charge in [-0.25, -0.2) is 4.98 Å². The zero-order valence-electron chi connectivity index (χ0n) is 9.30. The summed E-state index contributed by atoms with van der Waals surface area (Å²) in [7, 11) is 0. The highest BCUT2D eigenvalue weighted by molar-refractivity contribution is 6.32. The number of hydrogen-bond donors (Lipinski definition) is 2. The second-order valence-corrected chi connectivity index (χ2v) is 3.72. The van der Waals surface area contributed by atoms with Crippen molar-refractivity contribution in [1.29, 1.82) is 0 Å². The molecule has 0 fully saturated rings. The quantitative estimate of drug-likeness (QED) is 0.786. The molecule has 0 spiro atoms. The Kier molecular flexibility index (Phi) is 5.64. The SMILES string of the molecule is OCCOCCNc1ncc(C(F)(F)F)cc1Cl. The van der Waals surface area contributed by atoms with E-state index in [0.29, 0.717) is 19.3 Å². The molecule has 1 rings (SSSR count). The van der Waals surface area contributed by atoms with Gasteiger partial charge >= 0.3 is 6.18 Å². The van der Waals surface area contributed by atoms with Gasteiger partial charge in [-0.2, -0.15) is 13.2 Å². The number of anilines is 1. The third-order valence-electron chi connectivity index (χ3n) is 1.94. The standard InChI is InChI=1S/C10H12ClF3N2O2/c11-8-5-7(10(12,13)14)6-16-9(8)15-1-3-18-4-2-17/h5-6,17H,1-4H2,(H,15,16). The van der Waals surface area contributed by atoms with Crippen molar-refractivity contribution in [3.8, 4) is 0 Å². The minimum atomic E-state index is -4.46. The van der Waals surface area contributed by atoms with Crippen LogP contribution in [0.5, 0.6) is 0 Å². The minimum absolute atomic E-state index is 0.0840. The first-order valence-electron chi connectivity index (χ1n) is 5.10. The lowest BCUT2D eigenvalue weighted by molar-refractivity contribution is -0.137. The average molecular weight is 285 g/mol. The summed E-state index contributed by atoms with van der Waals surface area (Å²) in [5, 5.41) is 11.1. The zero-order valence-corrected chi connectivity index (χ0v) is 10.1. The third kappa shape index (κ3) is 4.67. The maximum atomic E-state index is 12.3. The van der Waals surface area contributed by atoms with Crippen LogP contribution in [-0.2, 0) is 10.9 Å². The van der Waals surface area contributed by atoms with Gasteiger partial charge in [0, 0.05) is 12.7 Å². The molecule has 102 valence electrons. The molecule has 0 saturated heterocycles. The van der Waals surface area contributed by atoms with Gasteiger partial charge in [-0.1, -0.05) is 11.6 Å². The number of aliphatic hydroxyl groups is 1. The van der Waals surface area contributed by atoms with Gasteiger partial charge in [0.1, 0.15) is 5.82 Å². The summed E-state index contributed by atoms with van der Waals surface area (Å²) in [5.74, 6) is 0.164. The summed E-state index contributed by atoms with van der Waals surface area (Å²) in [6.45, 7) is 0.743. The Morgan fingerprint density at radius 3 is 2.67 bits per heavy atom. The summed E-state index contributed by atoms with van der Waals surface area (Å²) < 4.78 is 41.9. The van der Waals surface area contributed by atoms with Gasteiger partial charge in [0.05, 0.1) is 30.4 Å². The van der Waals surface area contributed by atoms with Crippen molar-refractivity contribution in [2.24, 2.45) is 0 Å². The van der Waals surface area contributed by atoms with Crippen molar-refractivity contribution in [3.63, 3.8) is 0 Å². The topological polar surface area (TPSA) is 54.4 Å². The Balaban J connectivity index is 2.53. The van der Waals surface area contributed by atoms with Gasteiger partial charge in [0.15, 0.2) is 0 Å². The monoisotopic (exact) mass is 284 g/mol. The number of alkyl halides is 3. The third-order valence-corrected chi connectivity index (χ3v) is 2.23. The number of hydrogen-bond acceptors (Lipinski definition) is 4. The number of rotatable bonds is 6. The van der Waals surface area contributed by atoms with Crippen molar-refractivity contribution in [1.82, 2.24) is 4.98 Å². The number of halogens is 4. The number of pyridine rings is 1. The molecular formula is C10H12ClF3N2O2. The van der Waals surface area contributed by atoms with E-state index in [1.165, 1.54) is 0 Å². The molecule has 0 radical (unpaired) electrons. The molecule has 1 heterocycles. The van der Waals surface area contributed by atoms with Crippen LogP contribution in [0.3, 0.4) is 0 Å². The Bertz CT molecular complexity index is 388. The van der Waals surface area contributed by atoms with E-state index in [2.05, 4.69) is 10.3 Å². The number of ether oxygens (including phenoxy) is 1. The Morgan fingerprint density at radius 1 is 1.39 bits per heavy atom. The molecule has 0 aliphatic rings. The van der Waals surface area contributed by atoms with Gasteiger partial charge in [0.2, 0.25) is 0 Å². The van der Waals surface area contributed by atoms with E-state index in [1.54, 1.807) is 0 Å². The van der Waals surface area contributed by atoms with Crippen molar-refractivity contribution >= 4 is 17.4 Å². The van der Waals surface area contributed by atoms with Crippen LogP contribution in [0, 0.1) is 0 Å². The summed E-state index contributed by atoms with van der Waals surface area (Å²) >= 11 is 5.67. The fraction of sp³-hybridized carbons (Fsp3) is 0.500. The van der Waals surface area contributed by atoms with E-state index in [9.17, 15) is 13.2 Å². The molecule has 0 bridgehead atoms. The molecule has 0 aliphatic carbocycles. The van der Waals surface area contributed by atoms with Gasteiger partial charge < -0.3 is 15.2 Å². The van der Waals surface area contributed by atoms with E-state index in [1.807, 2.05) is 0 Å². The Hall–Kier alpha value is -1.05. The number of nitrogens with zero attached hydrogens (tertiary/aromatic N) is 1.